The summed E-state index contributed by atoms with van der Waals surface area (Å²) in [5, 5.41) is 10.6. The Balaban J connectivity index is 1.75. The smallest absolute Gasteiger partial charge is 0.322 e. The fourth-order valence-corrected chi connectivity index (χ4v) is 4.43. The standard InChI is InChI=1S/C21H30N4O7S/c1-5-29-16-12-15(13-17(30-6-2)18(16)31-7-3)20-23-24-21(32-20)22-19(26)14-8-10-25(11-9-14)33(4,27)28/h12-14H,5-11H2,1-4H3,(H,22,24,26). The summed E-state index contributed by atoms with van der Waals surface area (Å²) in [5.41, 5.74) is 0.555. The summed E-state index contributed by atoms with van der Waals surface area (Å²) in [6.45, 7) is 7.51. The lowest BCUT2D eigenvalue weighted by molar-refractivity contribution is -0.121. The molecule has 1 fully saturated rings. The zero-order valence-corrected chi connectivity index (χ0v) is 20.1. The molecule has 1 saturated heterocycles. The number of nitrogens with one attached hydrogen (secondary N) is 1. The Labute approximate surface area is 193 Å². The predicted octanol–water partition coefficient (Wildman–Crippen LogP) is 2.54. The second kappa shape index (κ2) is 10.8. The van der Waals surface area contributed by atoms with Crippen LogP contribution in [0.1, 0.15) is 33.6 Å². The van der Waals surface area contributed by atoms with E-state index in [9.17, 15) is 13.2 Å². The molecular formula is C21H30N4O7S. The summed E-state index contributed by atoms with van der Waals surface area (Å²) in [6.07, 6.45) is 2.02. The monoisotopic (exact) mass is 482 g/mol. The first-order chi connectivity index (χ1) is 15.8. The van der Waals surface area contributed by atoms with Crippen molar-refractivity contribution >= 4 is 21.9 Å². The molecule has 33 heavy (non-hydrogen) atoms. The molecular weight excluding hydrogens is 452 g/mol. The molecule has 2 heterocycles. The van der Waals surface area contributed by atoms with E-state index in [1.807, 2.05) is 20.8 Å². The quantitative estimate of drug-likeness (QED) is 0.542. The zero-order valence-electron chi connectivity index (χ0n) is 19.3. The summed E-state index contributed by atoms with van der Waals surface area (Å²) in [6, 6.07) is 3.40. The van der Waals surface area contributed by atoms with Gasteiger partial charge in [0, 0.05) is 24.6 Å². The number of aromatic nitrogens is 2. The van der Waals surface area contributed by atoms with Crippen molar-refractivity contribution in [2.75, 3.05) is 44.5 Å². The van der Waals surface area contributed by atoms with Crippen molar-refractivity contribution in [3.8, 4) is 28.7 Å². The van der Waals surface area contributed by atoms with Crippen LogP contribution >= 0.6 is 0 Å². The second-order valence-corrected chi connectivity index (χ2v) is 9.42. The van der Waals surface area contributed by atoms with Gasteiger partial charge in [-0.05, 0) is 45.7 Å². The van der Waals surface area contributed by atoms with Gasteiger partial charge < -0.3 is 18.6 Å². The number of nitrogens with zero attached hydrogens (tertiary/aromatic N) is 3. The van der Waals surface area contributed by atoms with E-state index in [1.165, 1.54) is 10.6 Å². The molecule has 0 unspecified atom stereocenters. The third kappa shape index (κ3) is 6.14. The minimum absolute atomic E-state index is 0.0367. The van der Waals surface area contributed by atoms with Crippen LogP contribution in [0.25, 0.3) is 11.5 Å². The number of benzene rings is 1. The Kier molecular flexibility index (Phi) is 8.14. The van der Waals surface area contributed by atoms with E-state index in [1.54, 1.807) is 12.1 Å². The third-order valence-electron chi connectivity index (χ3n) is 5.10. The number of carbonyl (C=O) groups excluding carboxylic acids is 1. The van der Waals surface area contributed by atoms with Gasteiger partial charge in [-0.25, -0.2) is 12.7 Å². The lowest BCUT2D eigenvalue weighted by atomic mass is 9.97. The topological polar surface area (TPSA) is 133 Å². The molecule has 1 N–H and O–H groups in total. The number of hydrogen-bond acceptors (Lipinski definition) is 9. The van der Waals surface area contributed by atoms with E-state index < -0.39 is 10.0 Å². The zero-order chi connectivity index (χ0) is 24.0. The van der Waals surface area contributed by atoms with Gasteiger partial charge in [-0.1, -0.05) is 5.10 Å². The maximum Gasteiger partial charge on any atom is 0.322 e. The van der Waals surface area contributed by atoms with Crippen molar-refractivity contribution in [1.29, 1.82) is 0 Å². The van der Waals surface area contributed by atoms with Crippen molar-refractivity contribution in [2.24, 2.45) is 5.92 Å². The number of hydrogen-bond donors (Lipinski definition) is 1. The van der Waals surface area contributed by atoms with E-state index in [0.717, 1.165) is 0 Å². The normalized spacial score (nSPS) is 15.3. The molecule has 0 saturated carbocycles. The highest BCUT2D eigenvalue weighted by atomic mass is 32.2. The summed E-state index contributed by atoms with van der Waals surface area (Å²) in [4.78, 5) is 12.6. The molecule has 3 rings (SSSR count). The van der Waals surface area contributed by atoms with Crippen LogP contribution in [0.15, 0.2) is 16.5 Å². The van der Waals surface area contributed by atoms with Crippen LogP contribution in [0.5, 0.6) is 17.2 Å². The molecule has 0 atom stereocenters. The maximum atomic E-state index is 12.6. The van der Waals surface area contributed by atoms with Crippen LogP contribution < -0.4 is 19.5 Å². The molecule has 11 nitrogen and oxygen atoms in total. The minimum Gasteiger partial charge on any atom is -0.490 e. The summed E-state index contributed by atoms with van der Waals surface area (Å²) in [5.74, 6) is 1.04. The van der Waals surface area contributed by atoms with Gasteiger partial charge in [-0.3, -0.25) is 10.1 Å². The largest absolute Gasteiger partial charge is 0.490 e. The van der Waals surface area contributed by atoms with Crippen LogP contribution in [0.3, 0.4) is 0 Å². The number of piperidine rings is 1. The van der Waals surface area contributed by atoms with Crippen molar-refractivity contribution < 1.29 is 31.8 Å². The highest BCUT2D eigenvalue weighted by molar-refractivity contribution is 7.88. The molecule has 0 aliphatic carbocycles. The SMILES string of the molecule is CCOc1cc(-c2nnc(NC(=O)C3CCN(S(C)(=O)=O)CC3)o2)cc(OCC)c1OCC. The lowest BCUT2D eigenvalue weighted by Crippen LogP contribution is -2.40. The molecule has 1 amide bonds. The average Bonchev–Trinajstić information content (AvgIpc) is 3.24. The number of rotatable bonds is 10. The molecule has 2 aromatic rings. The Morgan fingerprint density at radius 2 is 1.64 bits per heavy atom. The summed E-state index contributed by atoms with van der Waals surface area (Å²) >= 11 is 0. The van der Waals surface area contributed by atoms with E-state index in [0.29, 0.717) is 68.6 Å². The van der Waals surface area contributed by atoms with Gasteiger partial charge in [0.15, 0.2) is 11.5 Å². The van der Waals surface area contributed by atoms with Gasteiger partial charge in [-0.15, -0.1) is 5.10 Å². The number of carbonyl (C=O) groups is 1. The number of anilines is 1. The van der Waals surface area contributed by atoms with E-state index in [-0.39, 0.29) is 23.7 Å². The highest BCUT2D eigenvalue weighted by Gasteiger charge is 2.30. The Morgan fingerprint density at radius 3 is 2.15 bits per heavy atom. The highest BCUT2D eigenvalue weighted by Crippen LogP contribution is 2.41. The molecule has 1 aromatic heterocycles. The maximum absolute atomic E-state index is 12.6. The first-order valence-corrected chi connectivity index (χ1v) is 12.8. The van der Waals surface area contributed by atoms with Crippen LogP contribution in [0, 0.1) is 5.92 Å². The lowest BCUT2D eigenvalue weighted by Gasteiger charge is -2.29. The Hall–Kier alpha value is -2.86. The molecule has 1 aromatic carbocycles. The number of sulfonamides is 1. The second-order valence-electron chi connectivity index (χ2n) is 7.44. The number of ether oxygens (including phenoxy) is 3. The average molecular weight is 483 g/mol. The van der Waals surface area contributed by atoms with Crippen molar-refractivity contribution in [2.45, 2.75) is 33.6 Å². The van der Waals surface area contributed by atoms with Gasteiger partial charge in [0.25, 0.3) is 0 Å². The third-order valence-corrected chi connectivity index (χ3v) is 6.41. The molecule has 12 heteroatoms. The molecule has 0 spiro atoms. The Bertz CT molecular complexity index is 1040. The van der Waals surface area contributed by atoms with Gasteiger partial charge in [0.05, 0.1) is 26.1 Å². The fourth-order valence-electron chi connectivity index (χ4n) is 3.56. The first kappa shape index (κ1) is 24.8. The van der Waals surface area contributed by atoms with E-state index >= 15 is 0 Å². The fraction of sp³-hybridized carbons (Fsp3) is 0.571. The Morgan fingerprint density at radius 1 is 1.06 bits per heavy atom. The van der Waals surface area contributed by atoms with Crippen molar-refractivity contribution in [3.05, 3.63) is 12.1 Å². The van der Waals surface area contributed by atoms with Gasteiger partial charge >= 0.3 is 6.01 Å². The number of amides is 1. The predicted molar refractivity (Wildman–Crippen MR) is 121 cm³/mol. The van der Waals surface area contributed by atoms with E-state index in [2.05, 4.69) is 15.5 Å². The van der Waals surface area contributed by atoms with Gasteiger partial charge in [-0.2, -0.15) is 0 Å². The van der Waals surface area contributed by atoms with Crippen LogP contribution in [-0.2, 0) is 14.8 Å². The first-order valence-electron chi connectivity index (χ1n) is 10.9. The summed E-state index contributed by atoms with van der Waals surface area (Å²) in [7, 11) is -3.25. The van der Waals surface area contributed by atoms with Gasteiger partial charge in [0.2, 0.25) is 27.6 Å². The van der Waals surface area contributed by atoms with Crippen LogP contribution in [0.2, 0.25) is 0 Å². The molecule has 0 bridgehead atoms. The van der Waals surface area contributed by atoms with E-state index in [4.69, 9.17) is 18.6 Å². The van der Waals surface area contributed by atoms with Crippen LogP contribution in [-0.4, -0.2) is 68.0 Å². The van der Waals surface area contributed by atoms with Crippen LogP contribution in [0.4, 0.5) is 6.01 Å². The van der Waals surface area contributed by atoms with Crippen molar-refractivity contribution in [1.82, 2.24) is 14.5 Å². The molecule has 0 radical (unpaired) electrons. The molecule has 182 valence electrons. The minimum atomic E-state index is -3.25. The van der Waals surface area contributed by atoms with Crippen molar-refractivity contribution in [3.63, 3.8) is 0 Å². The molecule has 1 aliphatic heterocycles. The summed E-state index contributed by atoms with van der Waals surface area (Å²) < 4.78 is 47.4. The molecule has 1 aliphatic rings. The van der Waals surface area contributed by atoms with Gasteiger partial charge in [0.1, 0.15) is 0 Å².